The van der Waals surface area contributed by atoms with Crippen LogP contribution in [0.15, 0.2) is 43.1 Å². The van der Waals surface area contributed by atoms with Gasteiger partial charge in [0.15, 0.2) is 5.82 Å². The van der Waals surface area contributed by atoms with Gasteiger partial charge in [0.1, 0.15) is 18.2 Å². The lowest BCUT2D eigenvalue weighted by molar-refractivity contribution is 0.0696. The standard InChI is InChI=1S/C12H8N4O2/c17-12(18)8-5-13-6-14-11(8)16-7-15-9-3-1-2-4-10(9)16/h1-7H,(H,17,18). The Hall–Kier alpha value is -2.76. The maximum atomic E-state index is 11.1. The van der Waals surface area contributed by atoms with Gasteiger partial charge in [0.2, 0.25) is 0 Å². The van der Waals surface area contributed by atoms with Gasteiger partial charge in [0, 0.05) is 6.20 Å². The summed E-state index contributed by atoms with van der Waals surface area (Å²) in [6.07, 6.45) is 4.15. The van der Waals surface area contributed by atoms with E-state index in [2.05, 4.69) is 15.0 Å². The fraction of sp³-hybridized carbons (Fsp3) is 0. The quantitative estimate of drug-likeness (QED) is 0.734. The third kappa shape index (κ3) is 1.51. The summed E-state index contributed by atoms with van der Waals surface area (Å²) in [5.41, 5.74) is 1.63. The largest absolute Gasteiger partial charge is 0.477 e. The molecule has 0 spiro atoms. The van der Waals surface area contributed by atoms with Crippen LogP contribution in [0.25, 0.3) is 16.9 Å². The molecule has 2 aromatic heterocycles. The van der Waals surface area contributed by atoms with E-state index < -0.39 is 5.97 Å². The Balaban J connectivity index is 2.30. The fourth-order valence-electron chi connectivity index (χ4n) is 1.79. The molecule has 1 N–H and O–H groups in total. The van der Waals surface area contributed by atoms with Crippen molar-refractivity contribution in [3.63, 3.8) is 0 Å². The minimum atomic E-state index is -1.07. The number of nitrogens with zero attached hydrogens (tertiary/aromatic N) is 4. The molecule has 2 heterocycles. The summed E-state index contributed by atoms with van der Waals surface area (Å²) < 4.78 is 1.64. The highest BCUT2D eigenvalue weighted by Crippen LogP contribution is 2.18. The molecular weight excluding hydrogens is 232 g/mol. The molecule has 3 rings (SSSR count). The lowest BCUT2D eigenvalue weighted by Crippen LogP contribution is -2.07. The Morgan fingerprint density at radius 3 is 2.89 bits per heavy atom. The molecule has 0 saturated carbocycles. The zero-order chi connectivity index (χ0) is 12.5. The third-order valence-corrected chi connectivity index (χ3v) is 2.60. The van der Waals surface area contributed by atoms with E-state index in [9.17, 15) is 4.79 Å². The molecule has 0 aliphatic carbocycles. The average Bonchev–Trinajstić information content (AvgIpc) is 2.82. The van der Waals surface area contributed by atoms with Gasteiger partial charge in [-0.15, -0.1) is 0 Å². The second-order valence-electron chi connectivity index (χ2n) is 3.67. The lowest BCUT2D eigenvalue weighted by atomic mass is 10.3. The molecule has 0 radical (unpaired) electrons. The highest BCUT2D eigenvalue weighted by molar-refractivity contribution is 5.91. The molecule has 0 saturated heterocycles. The molecule has 0 aliphatic rings. The maximum absolute atomic E-state index is 11.1. The van der Waals surface area contributed by atoms with Crippen LogP contribution in [-0.2, 0) is 0 Å². The number of imidazole rings is 1. The van der Waals surface area contributed by atoms with Crippen LogP contribution in [-0.4, -0.2) is 30.6 Å². The number of para-hydroxylation sites is 2. The molecule has 0 atom stereocenters. The predicted octanol–water partition coefficient (Wildman–Crippen LogP) is 1.51. The van der Waals surface area contributed by atoms with Crippen molar-refractivity contribution in [3.05, 3.63) is 48.7 Å². The Bertz CT molecular complexity index is 736. The first kappa shape index (κ1) is 10.4. The average molecular weight is 240 g/mol. The van der Waals surface area contributed by atoms with Crippen LogP contribution in [0.5, 0.6) is 0 Å². The number of carbonyl (C=O) groups is 1. The van der Waals surface area contributed by atoms with E-state index in [1.165, 1.54) is 12.5 Å². The molecule has 6 nitrogen and oxygen atoms in total. The minimum absolute atomic E-state index is 0.0423. The van der Waals surface area contributed by atoms with Crippen LogP contribution in [0.4, 0.5) is 0 Å². The molecule has 18 heavy (non-hydrogen) atoms. The topological polar surface area (TPSA) is 80.9 Å². The summed E-state index contributed by atoms with van der Waals surface area (Å²) in [7, 11) is 0. The second-order valence-corrected chi connectivity index (χ2v) is 3.67. The summed E-state index contributed by atoms with van der Waals surface area (Å²) >= 11 is 0. The van der Waals surface area contributed by atoms with E-state index in [0.29, 0.717) is 5.82 Å². The van der Waals surface area contributed by atoms with Crippen molar-refractivity contribution in [2.45, 2.75) is 0 Å². The molecule has 0 amide bonds. The van der Waals surface area contributed by atoms with E-state index >= 15 is 0 Å². The molecule has 1 aromatic carbocycles. The number of fused-ring (bicyclic) bond motifs is 1. The van der Waals surface area contributed by atoms with Gasteiger partial charge in [0.05, 0.1) is 11.0 Å². The van der Waals surface area contributed by atoms with Gasteiger partial charge in [-0.2, -0.15) is 0 Å². The second kappa shape index (κ2) is 3.92. The Labute approximate surface area is 102 Å². The molecule has 88 valence electrons. The fourth-order valence-corrected chi connectivity index (χ4v) is 1.79. The minimum Gasteiger partial charge on any atom is -0.477 e. The van der Waals surface area contributed by atoms with E-state index in [1.54, 1.807) is 10.9 Å². The van der Waals surface area contributed by atoms with Gasteiger partial charge >= 0.3 is 5.97 Å². The van der Waals surface area contributed by atoms with Gasteiger partial charge in [-0.3, -0.25) is 4.57 Å². The van der Waals surface area contributed by atoms with Crippen molar-refractivity contribution in [1.29, 1.82) is 0 Å². The predicted molar refractivity (Wildman–Crippen MR) is 63.6 cm³/mol. The summed E-state index contributed by atoms with van der Waals surface area (Å²) in [6.45, 7) is 0. The molecule has 0 bridgehead atoms. The SMILES string of the molecule is O=C(O)c1cncnc1-n1cnc2ccccc21. The van der Waals surface area contributed by atoms with E-state index in [1.807, 2.05) is 24.3 Å². The molecule has 6 heteroatoms. The van der Waals surface area contributed by atoms with Gasteiger partial charge in [0.25, 0.3) is 0 Å². The lowest BCUT2D eigenvalue weighted by Gasteiger charge is -2.05. The number of rotatable bonds is 2. The van der Waals surface area contributed by atoms with Crippen molar-refractivity contribution in [1.82, 2.24) is 19.5 Å². The number of benzene rings is 1. The molecular formula is C12H8N4O2. The number of hydrogen-bond acceptors (Lipinski definition) is 4. The molecule has 0 unspecified atom stereocenters. The first-order chi connectivity index (χ1) is 8.77. The Morgan fingerprint density at radius 2 is 2.06 bits per heavy atom. The number of hydrogen-bond donors (Lipinski definition) is 1. The van der Waals surface area contributed by atoms with Gasteiger partial charge in [-0.05, 0) is 12.1 Å². The normalized spacial score (nSPS) is 10.7. The monoisotopic (exact) mass is 240 g/mol. The Kier molecular flexibility index (Phi) is 2.26. The zero-order valence-corrected chi connectivity index (χ0v) is 9.19. The summed E-state index contributed by atoms with van der Waals surface area (Å²) in [5, 5.41) is 9.12. The van der Waals surface area contributed by atoms with Gasteiger partial charge in [-0.25, -0.2) is 19.7 Å². The first-order valence-electron chi connectivity index (χ1n) is 5.23. The van der Waals surface area contributed by atoms with Crippen LogP contribution in [0.1, 0.15) is 10.4 Å². The highest BCUT2D eigenvalue weighted by atomic mass is 16.4. The van der Waals surface area contributed by atoms with E-state index in [0.717, 1.165) is 11.0 Å². The summed E-state index contributed by atoms with van der Waals surface area (Å²) in [5.74, 6) is -0.755. The number of carboxylic acid groups (broad SMARTS) is 1. The molecule has 0 aliphatic heterocycles. The van der Waals surface area contributed by atoms with Crippen LogP contribution in [0.3, 0.4) is 0 Å². The van der Waals surface area contributed by atoms with Gasteiger partial charge < -0.3 is 5.11 Å². The number of aromatic nitrogens is 4. The molecule has 0 fully saturated rings. The zero-order valence-electron chi connectivity index (χ0n) is 9.19. The van der Waals surface area contributed by atoms with E-state index in [-0.39, 0.29) is 5.56 Å². The first-order valence-corrected chi connectivity index (χ1v) is 5.23. The van der Waals surface area contributed by atoms with Crippen LogP contribution < -0.4 is 0 Å². The molecule has 3 aromatic rings. The van der Waals surface area contributed by atoms with Crippen molar-refractivity contribution >= 4 is 17.0 Å². The van der Waals surface area contributed by atoms with Crippen molar-refractivity contribution < 1.29 is 9.90 Å². The number of carboxylic acids is 1. The van der Waals surface area contributed by atoms with Crippen molar-refractivity contribution in [2.24, 2.45) is 0 Å². The summed E-state index contributed by atoms with van der Waals surface area (Å²) in [6, 6.07) is 7.45. The van der Waals surface area contributed by atoms with Crippen molar-refractivity contribution in [2.75, 3.05) is 0 Å². The van der Waals surface area contributed by atoms with Gasteiger partial charge in [-0.1, -0.05) is 12.1 Å². The third-order valence-electron chi connectivity index (χ3n) is 2.60. The smallest absolute Gasteiger partial charge is 0.341 e. The summed E-state index contributed by atoms with van der Waals surface area (Å²) in [4.78, 5) is 23.1. The maximum Gasteiger partial charge on any atom is 0.341 e. The van der Waals surface area contributed by atoms with Crippen LogP contribution in [0, 0.1) is 0 Å². The highest BCUT2D eigenvalue weighted by Gasteiger charge is 2.14. The van der Waals surface area contributed by atoms with Crippen LogP contribution in [0.2, 0.25) is 0 Å². The Morgan fingerprint density at radius 1 is 1.22 bits per heavy atom. The van der Waals surface area contributed by atoms with Crippen molar-refractivity contribution in [3.8, 4) is 5.82 Å². The number of aromatic carboxylic acids is 1. The van der Waals surface area contributed by atoms with E-state index in [4.69, 9.17) is 5.11 Å². The van der Waals surface area contributed by atoms with Crippen LogP contribution >= 0.6 is 0 Å².